The molecule has 25 heavy (non-hydrogen) atoms. The summed E-state index contributed by atoms with van der Waals surface area (Å²) in [5.41, 5.74) is 0. The molecule has 140 valence electrons. The SMILES string of the molecule is CC(=O)OCC1O[C@@H](OC(C)=O)C(OC(C)=O)C(C=O)[C@@H]1OC(C)=O. The van der Waals surface area contributed by atoms with E-state index < -0.39 is 54.4 Å². The van der Waals surface area contributed by atoms with Crippen LogP contribution in [0.15, 0.2) is 0 Å². The van der Waals surface area contributed by atoms with Crippen LogP contribution < -0.4 is 0 Å². The Balaban J connectivity index is 3.16. The van der Waals surface area contributed by atoms with Crippen LogP contribution in [0.25, 0.3) is 0 Å². The van der Waals surface area contributed by atoms with Crippen LogP contribution in [0.5, 0.6) is 0 Å². The molecule has 5 atom stereocenters. The van der Waals surface area contributed by atoms with Crippen molar-refractivity contribution in [2.24, 2.45) is 5.92 Å². The van der Waals surface area contributed by atoms with Crippen LogP contribution in [0.1, 0.15) is 27.7 Å². The normalized spacial score (nSPS) is 28.4. The predicted molar refractivity (Wildman–Crippen MR) is 77.7 cm³/mol. The van der Waals surface area contributed by atoms with Gasteiger partial charge in [0.15, 0.2) is 6.10 Å². The van der Waals surface area contributed by atoms with E-state index in [4.69, 9.17) is 23.7 Å². The van der Waals surface area contributed by atoms with Crippen molar-refractivity contribution in [1.29, 1.82) is 0 Å². The fourth-order valence-corrected chi connectivity index (χ4v) is 2.36. The minimum absolute atomic E-state index is 0.359. The number of ether oxygens (including phenoxy) is 5. The standard InChI is InChI=1S/C15H20O10/c1-7(17)21-6-12-13(22-8(2)18)11(5-16)14(23-9(3)19)15(25-12)24-10(4)20/h5,11-15H,6H2,1-4H3/t11?,12?,13-,14?,15+/m0/s1. The van der Waals surface area contributed by atoms with Gasteiger partial charge in [-0.1, -0.05) is 0 Å². The van der Waals surface area contributed by atoms with Crippen molar-refractivity contribution < 1.29 is 47.7 Å². The molecule has 0 aromatic carbocycles. The first-order chi connectivity index (χ1) is 11.6. The van der Waals surface area contributed by atoms with Crippen LogP contribution in [0.2, 0.25) is 0 Å². The van der Waals surface area contributed by atoms with Crippen LogP contribution >= 0.6 is 0 Å². The molecule has 0 bridgehead atoms. The van der Waals surface area contributed by atoms with Crippen molar-refractivity contribution in [3.8, 4) is 0 Å². The summed E-state index contributed by atoms with van der Waals surface area (Å²) in [7, 11) is 0. The summed E-state index contributed by atoms with van der Waals surface area (Å²) in [5, 5.41) is 0. The molecule has 0 aromatic rings. The summed E-state index contributed by atoms with van der Waals surface area (Å²) in [6, 6.07) is 0. The third-order valence-corrected chi connectivity index (χ3v) is 3.20. The Labute approximate surface area is 143 Å². The van der Waals surface area contributed by atoms with E-state index in [2.05, 4.69) is 0 Å². The zero-order valence-electron chi connectivity index (χ0n) is 14.3. The summed E-state index contributed by atoms with van der Waals surface area (Å²) in [6.45, 7) is 4.11. The van der Waals surface area contributed by atoms with Gasteiger partial charge in [-0.3, -0.25) is 19.2 Å². The molecule has 1 aliphatic heterocycles. The van der Waals surface area contributed by atoms with Gasteiger partial charge >= 0.3 is 23.9 Å². The van der Waals surface area contributed by atoms with Gasteiger partial charge < -0.3 is 28.5 Å². The van der Waals surface area contributed by atoms with Crippen molar-refractivity contribution >= 4 is 30.2 Å². The van der Waals surface area contributed by atoms with Gasteiger partial charge in [0.2, 0.25) is 6.29 Å². The van der Waals surface area contributed by atoms with E-state index in [-0.39, 0.29) is 6.61 Å². The first-order valence-corrected chi connectivity index (χ1v) is 7.41. The minimum atomic E-state index is -1.43. The second-order valence-corrected chi connectivity index (χ2v) is 5.32. The molecule has 0 aromatic heterocycles. The maximum Gasteiger partial charge on any atom is 0.305 e. The Morgan fingerprint density at radius 2 is 1.36 bits per heavy atom. The summed E-state index contributed by atoms with van der Waals surface area (Å²) in [4.78, 5) is 56.5. The highest BCUT2D eigenvalue weighted by Crippen LogP contribution is 2.31. The van der Waals surface area contributed by atoms with Crippen molar-refractivity contribution in [3.63, 3.8) is 0 Å². The van der Waals surface area contributed by atoms with E-state index in [1.807, 2.05) is 0 Å². The minimum Gasteiger partial charge on any atom is -0.463 e. The zero-order valence-corrected chi connectivity index (χ0v) is 14.3. The van der Waals surface area contributed by atoms with Crippen LogP contribution in [0, 0.1) is 5.92 Å². The number of rotatable bonds is 6. The van der Waals surface area contributed by atoms with Gasteiger partial charge in [-0.05, 0) is 0 Å². The summed E-state index contributed by atoms with van der Waals surface area (Å²) in [5.74, 6) is -4.03. The molecular weight excluding hydrogens is 340 g/mol. The molecule has 0 aliphatic carbocycles. The van der Waals surface area contributed by atoms with Crippen LogP contribution in [0.4, 0.5) is 0 Å². The number of hydrogen-bond donors (Lipinski definition) is 0. The van der Waals surface area contributed by atoms with Gasteiger partial charge in [-0.15, -0.1) is 0 Å². The van der Waals surface area contributed by atoms with Crippen molar-refractivity contribution in [2.45, 2.75) is 52.3 Å². The topological polar surface area (TPSA) is 132 Å². The smallest absolute Gasteiger partial charge is 0.305 e. The number of carbonyl (C=O) groups excluding carboxylic acids is 5. The van der Waals surface area contributed by atoms with Crippen LogP contribution in [-0.2, 0) is 47.7 Å². The molecule has 3 unspecified atom stereocenters. The van der Waals surface area contributed by atoms with Gasteiger partial charge in [-0.25, -0.2) is 0 Å². The third-order valence-electron chi connectivity index (χ3n) is 3.20. The molecule has 1 heterocycles. The number of aldehydes is 1. The van der Waals surface area contributed by atoms with E-state index in [1.165, 1.54) is 0 Å². The first kappa shape index (κ1) is 20.6. The fourth-order valence-electron chi connectivity index (χ4n) is 2.36. The molecule has 0 amide bonds. The Kier molecular flexibility index (Phi) is 7.49. The van der Waals surface area contributed by atoms with Gasteiger partial charge in [-0.2, -0.15) is 0 Å². The Hall–Kier alpha value is -2.49. The van der Waals surface area contributed by atoms with E-state index >= 15 is 0 Å². The van der Waals surface area contributed by atoms with Crippen LogP contribution in [0.3, 0.4) is 0 Å². The largest absolute Gasteiger partial charge is 0.463 e. The quantitative estimate of drug-likeness (QED) is 0.347. The number of hydrogen-bond acceptors (Lipinski definition) is 10. The lowest BCUT2D eigenvalue weighted by Gasteiger charge is -2.42. The molecule has 0 N–H and O–H groups in total. The summed E-state index contributed by atoms with van der Waals surface area (Å²) in [6.07, 6.45) is -4.65. The van der Waals surface area contributed by atoms with Gasteiger partial charge in [0, 0.05) is 27.7 Å². The van der Waals surface area contributed by atoms with Crippen molar-refractivity contribution in [2.75, 3.05) is 6.61 Å². The lowest BCUT2D eigenvalue weighted by Crippen LogP contribution is -2.59. The summed E-state index contributed by atoms with van der Waals surface area (Å²) < 4.78 is 25.4. The van der Waals surface area contributed by atoms with Crippen molar-refractivity contribution in [3.05, 3.63) is 0 Å². The first-order valence-electron chi connectivity index (χ1n) is 7.41. The predicted octanol–water partition coefficient (Wildman–Crippen LogP) is -0.484. The summed E-state index contributed by atoms with van der Waals surface area (Å²) >= 11 is 0. The highest BCUT2D eigenvalue weighted by Gasteiger charge is 2.51. The molecule has 10 nitrogen and oxygen atoms in total. The second kappa shape index (κ2) is 9.11. The monoisotopic (exact) mass is 360 g/mol. The lowest BCUT2D eigenvalue weighted by molar-refractivity contribution is -0.282. The van der Waals surface area contributed by atoms with Gasteiger partial charge in [0.05, 0.1) is 5.92 Å². The van der Waals surface area contributed by atoms with E-state index in [9.17, 15) is 24.0 Å². The van der Waals surface area contributed by atoms with E-state index in [0.717, 1.165) is 27.7 Å². The average Bonchev–Trinajstić information content (AvgIpc) is 2.46. The molecular formula is C15H20O10. The molecule has 1 fully saturated rings. The maximum absolute atomic E-state index is 11.6. The van der Waals surface area contributed by atoms with E-state index in [0.29, 0.717) is 6.29 Å². The Morgan fingerprint density at radius 3 is 1.80 bits per heavy atom. The molecule has 1 aliphatic rings. The van der Waals surface area contributed by atoms with Crippen molar-refractivity contribution in [1.82, 2.24) is 0 Å². The Morgan fingerprint density at radius 1 is 0.840 bits per heavy atom. The molecule has 0 radical (unpaired) electrons. The van der Waals surface area contributed by atoms with Gasteiger partial charge in [0.1, 0.15) is 25.1 Å². The molecule has 1 rings (SSSR count). The lowest BCUT2D eigenvalue weighted by atomic mass is 9.89. The molecule has 0 saturated carbocycles. The molecule has 0 spiro atoms. The highest BCUT2D eigenvalue weighted by atomic mass is 16.7. The third kappa shape index (κ3) is 6.14. The number of esters is 4. The molecule has 10 heteroatoms. The highest BCUT2D eigenvalue weighted by molar-refractivity contribution is 5.69. The van der Waals surface area contributed by atoms with Crippen LogP contribution in [-0.4, -0.2) is 61.4 Å². The van der Waals surface area contributed by atoms with Gasteiger partial charge in [0.25, 0.3) is 0 Å². The molecule has 1 saturated heterocycles. The van der Waals surface area contributed by atoms with E-state index in [1.54, 1.807) is 0 Å². The average molecular weight is 360 g/mol. The fraction of sp³-hybridized carbons (Fsp3) is 0.667. The maximum atomic E-state index is 11.6. The second-order valence-electron chi connectivity index (χ2n) is 5.32. The number of carbonyl (C=O) groups is 5. The zero-order chi connectivity index (χ0) is 19.1. The Bertz CT molecular complexity index is 542.